The maximum Gasteiger partial charge on any atom is 0.326 e. The van der Waals surface area contributed by atoms with Gasteiger partial charge in [-0.05, 0) is 31.0 Å². The number of nitrogens with one attached hydrogen (secondary N) is 1. The van der Waals surface area contributed by atoms with Crippen molar-refractivity contribution in [3.05, 3.63) is 71.8 Å². The predicted molar refractivity (Wildman–Crippen MR) is 142 cm³/mol. The summed E-state index contributed by atoms with van der Waals surface area (Å²) >= 11 is 0. The number of amides is 4. The first kappa shape index (κ1) is 26.8. The minimum Gasteiger partial charge on any atom is -0.347 e. The Morgan fingerprint density at radius 2 is 1.49 bits per heavy atom. The molecule has 2 aromatic rings. The highest BCUT2D eigenvalue weighted by atomic mass is 16.5. The summed E-state index contributed by atoms with van der Waals surface area (Å²) in [4.78, 5) is 44.5. The van der Waals surface area contributed by atoms with E-state index in [4.69, 9.17) is 4.74 Å². The van der Waals surface area contributed by atoms with Crippen LogP contribution in [-0.2, 0) is 14.3 Å². The summed E-state index contributed by atoms with van der Waals surface area (Å²) in [7, 11) is 2.03. The molecule has 0 aliphatic carbocycles. The Labute approximate surface area is 219 Å². The Kier molecular flexibility index (Phi) is 8.61. The van der Waals surface area contributed by atoms with Crippen LogP contribution in [0.2, 0.25) is 0 Å². The van der Waals surface area contributed by atoms with Crippen LogP contribution in [0.15, 0.2) is 60.7 Å². The zero-order valence-corrected chi connectivity index (χ0v) is 22.1. The van der Waals surface area contributed by atoms with Crippen LogP contribution >= 0.6 is 0 Å². The topological polar surface area (TPSA) is 82.2 Å². The molecule has 0 saturated carbocycles. The second-order valence-corrected chi connectivity index (χ2v) is 9.95. The average molecular weight is 507 g/mol. The van der Waals surface area contributed by atoms with Crippen LogP contribution in [0.4, 0.5) is 4.79 Å². The molecule has 4 amide bonds. The van der Waals surface area contributed by atoms with Crippen LogP contribution in [0.25, 0.3) is 0 Å². The fraction of sp³-hybridized carbons (Fsp3) is 0.483. The second kappa shape index (κ2) is 11.9. The number of β-lactam (4-membered cyclic amide) rings is 1. The summed E-state index contributed by atoms with van der Waals surface area (Å²) < 4.78 is 6.04. The number of ether oxygens (including phenoxy) is 1. The fourth-order valence-electron chi connectivity index (χ4n) is 5.34. The summed E-state index contributed by atoms with van der Waals surface area (Å²) in [5, 5.41) is 2.97. The van der Waals surface area contributed by atoms with E-state index in [1.807, 2.05) is 81.6 Å². The van der Waals surface area contributed by atoms with Crippen molar-refractivity contribution in [3.8, 4) is 0 Å². The molecule has 2 aromatic carbocycles. The molecule has 8 heteroatoms. The lowest BCUT2D eigenvalue weighted by molar-refractivity contribution is -0.212. The van der Waals surface area contributed by atoms with E-state index in [-0.39, 0.29) is 24.3 Å². The zero-order valence-electron chi connectivity index (χ0n) is 22.1. The highest BCUT2D eigenvalue weighted by Gasteiger charge is 2.62. The van der Waals surface area contributed by atoms with Crippen molar-refractivity contribution in [1.82, 2.24) is 20.0 Å². The van der Waals surface area contributed by atoms with Crippen molar-refractivity contribution in [3.63, 3.8) is 0 Å². The first-order chi connectivity index (χ1) is 17.9. The lowest BCUT2D eigenvalue weighted by Gasteiger charge is -2.53. The SMILES string of the molecule is CCC1(CC)C(=O)N(C(=O)NCC(c2ccccc2)c2ccccc2)C1OCC(=O)N1CCN(C)CC1. The van der Waals surface area contributed by atoms with E-state index in [9.17, 15) is 14.4 Å². The summed E-state index contributed by atoms with van der Waals surface area (Å²) in [6.07, 6.45) is 0.310. The molecular weight excluding hydrogens is 468 g/mol. The Bertz CT molecular complexity index is 1030. The highest BCUT2D eigenvalue weighted by molar-refractivity contribution is 6.03. The van der Waals surface area contributed by atoms with Gasteiger partial charge in [0.05, 0.1) is 5.41 Å². The average Bonchev–Trinajstić information content (AvgIpc) is 2.93. The third-order valence-electron chi connectivity index (χ3n) is 7.91. The van der Waals surface area contributed by atoms with Crippen LogP contribution < -0.4 is 5.32 Å². The standard InChI is InChI=1S/C29H38N4O4/c1-4-29(5-2)26(35)33(27(29)37-21-25(34)32-18-16-31(3)17-19-32)28(36)30-20-24(22-12-8-6-9-13-22)23-14-10-7-11-15-23/h6-15,24,27H,4-5,16-21H2,1-3H3,(H,30,36). The molecule has 4 rings (SSSR count). The first-order valence-corrected chi connectivity index (χ1v) is 13.2. The number of likely N-dealkylation sites (tertiary alicyclic amines) is 1. The molecule has 37 heavy (non-hydrogen) atoms. The van der Waals surface area contributed by atoms with Crippen LogP contribution in [-0.4, -0.2) is 85.2 Å². The Morgan fingerprint density at radius 3 is 2.00 bits per heavy atom. The number of piperazine rings is 1. The molecule has 2 fully saturated rings. The maximum absolute atomic E-state index is 13.3. The molecule has 1 unspecified atom stereocenters. The summed E-state index contributed by atoms with van der Waals surface area (Å²) in [6, 6.07) is 19.5. The van der Waals surface area contributed by atoms with Crippen molar-refractivity contribution in [2.24, 2.45) is 5.41 Å². The van der Waals surface area contributed by atoms with Crippen LogP contribution in [0.1, 0.15) is 43.7 Å². The predicted octanol–water partition coefficient (Wildman–Crippen LogP) is 3.29. The van der Waals surface area contributed by atoms with Gasteiger partial charge in [0.25, 0.3) is 0 Å². The molecule has 0 aromatic heterocycles. The quantitative estimate of drug-likeness (QED) is 0.528. The normalized spacial score (nSPS) is 19.6. The van der Waals surface area contributed by atoms with Gasteiger partial charge in [0, 0.05) is 38.6 Å². The van der Waals surface area contributed by atoms with Crippen LogP contribution in [0, 0.1) is 5.41 Å². The van der Waals surface area contributed by atoms with Gasteiger partial charge in [0.1, 0.15) is 6.61 Å². The monoisotopic (exact) mass is 506 g/mol. The van der Waals surface area contributed by atoms with Crippen LogP contribution in [0.3, 0.4) is 0 Å². The minimum absolute atomic E-state index is 0.0667. The van der Waals surface area contributed by atoms with Crippen molar-refractivity contribution < 1.29 is 19.1 Å². The number of hydrogen-bond donors (Lipinski definition) is 1. The largest absolute Gasteiger partial charge is 0.347 e. The van der Waals surface area contributed by atoms with E-state index in [1.165, 1.54) is 0 Å². The van der Waals surface area contributed by atoms with Crippen LogP contribution in [0.5, 0.6) is 0 Å². The van der Waals surface area contributed by atoms with E-state index < -0.39 is 17.7 Å². The molecule has 0 spiro atoms. The lowest BCUT2D eigenvalue weighted by Crippen LogP contribution is -2.73. The van der Waals surface area contributed by atoms with Gasteiger partial charge in [-0.15, -0.1) is 0 Å². The fourth-order valence-corrected chi connectivity index (χ4v) is 5.34. The number of carbonyl (C=O) groups excluding carboxylic acids is 3. The number of carbonyl (C=O) groups is 3. The summed E-state index contributed by atoms with van der Waals surface area (Å²) in [6.45, 7) is 6.98. The molecule has 198 valence electrons. The van der Waals surface area contributed by atoms with Gasteiger partial charge >= 0.3 is 6.03 Å². The summed E-state index contributed by atoms with van der Waals surface area (Å²) in [5.74, 6) is -0.423. The number of urea groups is 1. The number of hydrogen-bond acceptors (Lipinski definition) is 5. The van der Waals surface area contributed by atoms with Crippen molar-refractivity contribution in [1.29, 1.82) is 0 Å². The molecule has 2 aliphatic rings. The molecule has 2 heterocycles. The van der Waals surface area contributed by atoms with Gasteiger partial charge in [-0.2, -0.15) is 0 Å². The molecule has 8 nitrogen and oxygen atoms in total. The Balaban J connectivity index is 1.45. The third-order valence-corrected chi connectivity index (χ3v) is 7.91. The Hall–Kier alpha value is -3.23. The van der Waals surface area contributed by atoms with E-state index >= 15 is 0 Å². The van der Waals surface area contributed by atoms with Gasteiger partial charge in [-0.1, -0.05) is 74.5 Å². The maximum atomic E-state index is 13.3. The van der Waals surface area contributed by atoms with Gasteiger partial charge in [0.15, 0.2) is 6.23 Å². The number of imide groups is 1. The second-order valence-electron chi connectivity index (χ2n) is 9.95. The highest BCUT2D eigenvalue weighted by Crippen LogP contribution is 2.45. The number of rotatable bonds is 9. The zero-order chi connectivity index (χ0) is 26.4. The molecule has 2 aliphatic heterocycles. The molecule has 1 atom stereocenters. The third kappa shape index (κ3) is 5.55. The van der Waals surface area contributed by atoms with E-state index in [0.29, 0.717) is 32.5 Å². The van der Waals surface area contributed by atoms with Crippen molar-refractivity contribution >= 4 is 17.8 Å². The molecule has 1 N–H and O–H groups in total. The molecule has 2 saturated heterocycles. The lowest BCUT2D eigenvalue weighted by atomic mass is 9.72. The van der Waals surface area contributed by atoms with Crippen molar-refractivity contribution in [2.75, 3.05) is 46.4 Å². The van der Waals surface area contributed by atoms with Gasteiger partial charge in [0.2, 0.25) is 11.8 Å². The number of likely N-dealkylation sites (N-methyl/N-ethyl adjacent to an activating group) is 1. The van der Waals surface area contributed by atoms with Gasteiger partial charge < -0.3 is 19.9 Å². The van der Waals surface area contributed by atoms with E-state index in [1.54, 1.807) is 4.90 Å². The van der Waals surface area contributed by atoms with E-state index in [0.717, 1.165) is 29.1 Å². The van der Waals surface area contributed by atoms with Gasteiger partial charge in [-0.3, -0.25) is 9.59 Å². The molecule has 0 bridgehead atoms. The number of benzene rings is 2. The van der Waals surface area contributed by atoms with E-state index in [2.05, 4.69) is 10.2 Å². The Morgan fingerprint density at radius 1 is 0.946 bits per heavy atom. The number of nitrogens with zero attached hydrogens (tertiary/aromatic N) is 3. The first-order valence-electron chi connectivity index (χ1n) is 13.2. The smallest absolute Gasteiger partial charge is 0.326 e. The van der Waals surface area contributed by atoms with Gasteiger partial charge in [-0.25, -0.2) is 9.69 Å². The summed E-state index contributed by atoms with van der Waals surface area (Å²) in [5.41, 5.74) is 1.36. The van der Waals surface area contributed by atoms with Crippen molar-refractivity contribution in [2.45, 2.75) is 38.8 Å². The minimum atomic E-state index is -0.794. The molecular formula is C29H38N4O4. The molecule has 0 radical (unpaired) electrons.